The molecule has 104 valence electrons. The molecular weight excluding hydrogens is 278 g/mol. The second-order valence-electron chi connectivity index (χ2n) is 4.29. The first kappa shape index (κ1) is 12.9. The molecule has 1 aromatic carbocycles. The summed E-state index contributed by atoms with van der Waals surface area (Å²) in [6.07, 6.45) is 0.834. The van der Waals surface area contributed by atoms with E-state index in [4.69, 9.17) is 9.47 Å². The van der Waals surface area contributed by atoms with E-state index in [1.807, 2.05) is 6.92 Å². The summed E-state index contributed by atoms with van der Waals surface area (Å²) >= 11 is 1.33. The number of nitrogens with zero attached hydrogens (tertiary/aromatic N) is 2. The highest BCUT2D eigenvalue weighted by molar-refractivity contribution is 7.15. The zero-order valence-corrected chi connectivity index (χ0v) is 11.7. The molecule has 1 aliphatic heterocycles. The molecule has 0 atom stereocenters. The second kappa shape index (κ2) is 5.46. The number of ether oxygens (including phenoxy) is 2. The Labute approximate surface area is 119 Å². The van der Waals surface area contributed by atoms with E-state index >= 15 is 0 Å². The Morgan fingerprint density at radius 2 is 2.05 bits per heavy atom. The maximum atomic E-state index is 12.1. The lowest BCUT2D eigenvalue weighted by Gasteiger charge is -2.08. The van der Waals surface area contributed by atoms with Crippen LogP contribution in [0.5, 0.6) is 11.5 Å². The zero-order chi connectivity index (χ0) is 13.9. The first-order valence-corrected chi connectivity index (χ1v) is 7.05. The van der Waals surface area contributed by atoms with E-state index in [0.29, 0.717) is 35.4 Å². The van der Waals surface area contributed by atoms with Crippen molar-refractivity contribution >= 4 is 22.4 Å². The van der Waals surface area contributed by atoms with Crippen molar-refractivity contribution in [1.82, 2.24) is 10.2 Å². The monoisotopic (exact) mass is 291 g/mol. The number of amides is 1. The Bertz CT molecular complexity index is 642. The number of hydrogen-bond acceptors (Lipinski definition) is 6. The third-order valence-electron chi connectivity index (χ3n) is 2.76. The summed E-state index contributed by atoms with van der Waals surface area (Å²) in [5, 5.41) is 11.7. The van der Waals surface area contributed by atoms with Gasteiger partial charge in [0.25, 0.3) is 5.91 Å². The van der Waals surface area contributed by atoms with Crippen LogP contribution < -0.4 is 14.8 Å². The molecule has 0 saturated heterocycles. The SMILES string of the molecule is Cc1nnc(NC(=O)c2ccc3c(c2)OCCCO3)s1. The Morgan fingerprint density at radius 3 is 2.80 bits per heavy atom. The van der Waals surface area contributed by atoms with Crippen LogP contribution in [0.1, 0.15) is 21.8 Å². The van der Waals surface area contributed by atoms with Gasteiger partial charge in [-0.1, -0.05) is 11.3 Å². The van der Waals surface area contributed by atoms with Crippen LogP contribution in [0, 0.1) is 6.92 Å². The van der Waals surface area contributed by atoms with Gasteiger partial charge in [-0.25, -0.2) is 0 Å². The third-order valence-corrected chi connectivity index (χ3v) is 3.51. The molecule has 0 fully saturated rings. The van der Waals surface area contributed by atoms with Crippen molar-refractivity contribution in [2.24, 2.45) is 0 Å². The van der Waals surface area contributed by atoms with Gasteiger partial charge < -0.3 is 9.47 Å². The molecule has 6 nitrogen and oxygen atoms in total. The van der Waals surface area contributed by atoms with E-state index in [9.17, 15) is 4.79 Å². The van der Waals surface area contributed by atoms with Crippen molar-refractivity contribution < 1.29 is 14.3 Å². The van der Waals surface area contributed by atoms with Gasteiger partial charge in [-0.3, -0.25) is 10.1 Å². The maximum absolute atomic E-state index is 12.1. The molecule has 0 unspecified atom stereocenters. The molecule has 0 bridgehead atoms. The van der Waals surface area contributed by atoms with Gasteiger partial charge in [-0.05, 0) is 25.1 Å². The molecule has 7 heteroatoms. The van der Waals surface area contributed by atoms with Crippen LogP contribution in [-0.2, 0) is 0 Å². The minimum absolute atomic E-state index is 0.239. The van der Waals surface area contributed by atoms with Crippen LogP contribution in [0.3, 0.4) is 0 Å². The summed E-state index contributed by atoms with van der Waals surface area (Å²) in [4.78, 5) is 12.1. The van der Waals surface area contributed by atoms with Crippen molar-refractivity contribution in [3.63, 3.8) is 0 Å². The minimum atomic E-state index is -0.239. The number of rotatable bonds is 2. The topological polar surface area (TPSA) is 73.3 Å². The second-order valence-corrected chi connectivity index (χ2v) is 5.47. The van der Waals surface area contributed by atoms with Crippen LogP contribution in [0.2, 0.25) is 0 Å². The molecule has 0 spiro atoms. The predicted octanol–water partition coefficient (Wildman–Crippen LogP) is 2.26. The maximum Gasteiger partial charge on any atom is 0.257 e. The molecule has 0 saturated carbocycles. The number of carbonyl (C=O) groups excluding carboxylic acids is 1. The van der Waals surface area contributed by atoms with E-state index in [1.54, 1.807) is 18.2 Å². The van der Waals surface area contributed by atoms with Gasteiger partial charge in [0.1, 0.15) is 5.01 Å². The Hall–Kier alpha value is -2.15. The molecule has 1 aliphatic rings. The van der Waals surface area contributed by atoms with Gasteiger partial charge in [0.2, 0.25) is 5.13 Å². The number of carbonyl (C=O) groups is 1. The summed E-state index contributed by atoms with van der Waals surface area (Å²) < 4.78 is 11.1. The normalized spacial score (nSPS) is 13.7. The molecular formula is C13H13N3O3S. The minimum Gasteiger partial charge on any atom is -0.490 e. The summed E-state index contributed by atoms with van der Waals surface area (Å²) in [5.74, 6) is 1.03. The largest absolute Gasteiger partial charge is 0.490 e. The van der Waals surface area contributed by atoms with Crippen molar-refractivity contribution in [1.29, 1.82) is 0 Å². The molecule has 1 amide bonds. The number of aryl methyl sites for hydroxylation is 1. The average molecular weight is 291 g/mol. The molecule has 0 aliphatic carbocycles. The fourth-order valence-electron chi connectivity index (χ4n) is 1.82. The molecule has 1 N–H and O–H groups in total. The Morgan fingerprint density at radius 1 is 1.25 bits per heavy atom. The van der Waals surface area contributed by atoms with Gasteiger partial charge in [0.15, 0.2) is 11.5 Å². The van der Waals surface area contributed by atoms with E-state index < -0.39 is 0 Å². The average Bonchev–Trinajstić information content (AvgIpc) is 2.72. The van der Waals surface area contributed by atoms with Gasteiger partial charge >= 0.3 is 0 Å². The van der Waals surface area contributed by atoms with Crippen molar-refractivity contribution in [2.45, 2.75) is 13.3 Å². The number of hydrogen-bond donors (Lipinski definition) is 1. The zero-order valence-electron chi connectivity index (χ0n) is 10.9. The highest BCUT2D eigenvalue weighted by Gasteiger charge is 2.15. The van der Waals surface area contributed by atoms with E-state index in [-0.39, 0.29) is 5.91 Å². The van der Waals surface area contributed by atoms with Gasteiger partial charge in [0.05, 0.1) is 13.2 Å². The van der Waals surface area contributed by atoms with Gasteiger partial charge in [0, 0.05) is 12.0 Å². The number of benzene rings is 1. The first-order chi connectivity index (χ1) is 9.72. The van der Waals surface area contributed by atoms with Crippen molar-refractivity contribution in [3.8, 4) is 11.5 Å². The molecule has 20 heavy (non-hydrogen) atoms. The first-order valence-electron chi connectivity index (χ1n) is 6.23. The lowest BCUT2D eigenvalue weighted by Crippen LogP contribution is -2.12. The Balaban J connectivity index is 1.79. The highest BCUT2D eigenvalue weighted by Crippen LogP contribution is 2.30. The van der Waals surface area contributed by atoms with Crippen molar-refractivity contribution in [3.05, 3.63) is 28.8 Å². The number of anilines is 1. The third kappa shape index (κ3) is 2.72. The molecule has 2 heterocycles. The van der Waals surface area contributed by atoms with Crippen LogP contribution >= 0.6 is 11.3 Å². The van der Waals surface area contributed by atoms with E-state index in [2.05, 4.69) is 15.5 Å². The molecule has 2 aromatic rings. The fraction of sp³-hybridized carbons (Fsp3) is 0.308. The summed E-state index contributed by atoms with van der Waals surface area (Å²) in [6.45, 7) is 3.05. The van der Waals surface area contributed by atoms with Gasteiger partial charge in [-0.15, -0.1) is 10.2 Å². The van der Waals surface area contributed by atoms with Crippen LogP contribution in [-0.4, -0.2) is 29.3 Å². The molecule has 1 aromatic heterocycles. The van der Waals surface area contributed by atoms with Crippen molar-refractivity contribution in [2.75, 3.05) is 18.5 Å². The summed E-state index contributed by atoms with van der Waals surface area (Å²) in [5.41, 5.74) is 0.502. The number of nitrogens with one attached hydrogen (secondary N) is 1. The molecule has 0 radical (unpaired) electrons. The van der Waals surface area contributed by atoms with E-state index in [0.717, 1.165) is 11.4 Å². The number of fused-ring (bicyclic) bond motifs is 1. The van der Waals surface area contributed by atoms with E-state index in [1.165, 1.54) is 11.3 Å². The molecule has 3 rings (SSSR count). The highest BCUT2D eigenvalue weighted by atomic mass is 32.1. The summed E-state index contributed by atoms with van der Waals surface area (Å²) in [6, 6.07) is 5.14. The van der Waals surface area contributed by atoms with Crippen LogP contribution in [0.4, 0.5) is 5.13 Å². The quantitative estimate of drug-likeness (QED) is 0.918. The lowest BCUT2D eigenvalue weighted by molar-refractivity contribution is 0.102. The predicted molar refractivity (Wildman–Crippen MR) is 74.6 cm³/mol. The number of aromatic nitrogens is 2. The van der Waals surface area contributed by atoms with Crippen LogP contribution in [0.25, 0.3) is 0 Å². The van der Waals surface area contributed by atoms with Crippen LogP contribution in [0.15, 0.2) is 18.2 Å². The Kier molecular flexibility index (Phi) is 3.51. The summed E-state index contributed by atoms with van der Waals surface area (Å²) in [7, 11) is 0. The standard InChI is InChI=1S/C13H13N3O3S/c1-8-15-16-13(20-8)14-12(17)9-3-4-10-11(7-9)19-6-2-5-18-10/h3-4,7H,2,5-6H2,1H3,(H,14,16,17). The smallest absolute Gasteiger partial charge is 0.257 e. The van der Waals surface area contributed by atoms with Gasteiger partial charge in [-0.2, -0.15) is 0 Å². The lowest BCUT2D eigenvalue weighted by atomic mass is 10.2. The fourth-order valence-corrected chi connectivity index (χ4v) is 2.41.